The molecule has 5 rings (SSSR count). The Morgan fingerprint density at radius 3 is 2.53 bits per heavy atom. The van der Waals surface area contributed by atoms with E-state index in [0.29, 0.717) is 11.6 Å². The fourth-order valence-electron chi connectivity index (χ4n) is 4.59. The molecule has 2 aromatic heterocycles. The van der Waals surface area contributed by atoms with Crippen LogP contribution in [-0.2, 0) is 0 Å². The molecule has 0 atom stereocenters. The van der Waals surface area contributed by atoms with Gasteiger partial charge in [-0.1, -0.05) is 49.1 Å². The normalized spacial score (nSPS) is 12.6. The van der Waals surface area contributed by atoms with Crippen molar-refractivity contribution >= 4 is 27.4 Å². The Morgan fingerprint density at radius 1 is 0.972 bits per heavy atom. The van der Waals surface area contributed by atoms with E-state index in [1.54, 1.807) is 6.07 Å². The van der Waals surface area contributed by atoms with Gasteiger partial charge in [0.05, 0.1) is 11.2 Å². The molecule has 0 unspecified atom stereocenters. The van der Waals surface area contributed by atoms with Gasteiger partial charge in [-0.15, -0.1) is 0 Å². The molecule has 3 aromatic carbocycles. The first-order valence-electron chi connectivity index (χ1n) is 12.1. The second kappa shape index (κ2) is 9.70. The summed E-state index contributed by atoms with van der Waals surface area (Å²) in [6.45, 7) is 10.2. The SMILES string of the molecule is C=C/C(=C\C(=C/C)c1ccc2[nH]nc(-c3cc4c(-c5ccccc5F)cccc4[nH]3)c2c1)NC(C)C. The van der Waals surface area contributed by atoms with E-state index in [2.05, 4.69) is 77.3 Å². The highest BCUT2D eigenvalue weighted by atomic mass is 19.1. The number of hydrogen-bond acceptors (Lipinski definition) is 2. The zero-order valence-corrected chi connectivity index (χ0v) is 20.7. The van der Waals surface area contributed by atoms with E-state index in [1.807, 2.05) is 43.3 Å². The number of aromatic nitrogens is 3. The Hall–Kier alpha value is -4.38. The van der Waals surface area contributed by atoms with Gasteiger partial charge in [-0.25, -0.2) is 4.39 Å². The number of fused-ring (bicyclic) bond motifs is 2. The molecule has 0 spiro atoms. The minimum Gasteiger partial charge on any atom is -0.383 e. The summed E-state index contributed by atoms with van der Waals surface area (Å²) in [5.74, 6) is -0.236. The van der Waals surface area contributed by atoms with Crippen molar-refractivity contribution in [1.29, 1.82) is 0 Å². The van der Waals surface area contributed by atoms with E-state index in [-0.39, 0.29) is 5.82 Å². The molecular weight excluding hydrogens is 447 g/mol. The molecule has 0 saturated carbocycles. The molecule has 0 radical (unpaired) electrons. The third kappa shape index (κ3) is 4.36. The van der Waals surface area contributed by atoms with Crippen LogP contribution < -0.4 is 5.32 Å². The van der Waals surface area contributed by atoms with Gasteiger partial charge in [0.2, 0.25) is 0 Å². The third-order valence-corrected chi connectivity index (χ3v) is 6.28. The molecule has 0 saturated heterocycles. The number of nitrogens with one attached hydrogen (secondary N) is 3. The van der Waals surface area contributed by atoms with Gasteiger partial charge in [0.1, 0.15) is 11.5 Å². The van der Waals surface area contributed by atoms with E-state index >= 15 is 0 Å². The summed E-state index contributed by atoms with van der Waals surface area (Å²) < 4.78 is 14.6. The second-order valence-corrected chi connectivity index (χ2v) is 9.11. The van der Waals surface area contributed by atoms with Gasteiger partial charge in [-0.05, 0) is 80.0 Å². The molecule has 4 nitrogen and oxygen atoms in total. The maximum atomic E-state index is 14.6. The van der Waals surface area contributed by atoms with Crippen molar-refractivity contribution in [2.75, 3.05) is 0 Å². The molecule has 0 aliphatic carbocycles. The molecule has 0 amide bonds. The van der Waals surface area contributed by atoms with Crippen molar-refractivity contribution in [3.05, 3.63) is 109 Å². The number of aromatic amines is 2. The molecule has 2 heterocycles. The summed E-state index contributed by atoms with van der Waals surface area (Å²) in [5, 5.41) is 13.2. The molecule has 0 bridgehead atoms. The summed E-state index contributed by atoms with van der Waals surface area (Å²) in [7, 11) is 0. The zero-order valence-electron chi connectivity index (χ0n) is 20.7. The lowest BCUT2D eigenvalue weighted by molar-refractivity contribution is 0.631. The predicted molar refractivity (Wildman–Crippen MR) is 149 cm³/mol. The molecule has 5 heteroatoms. The fourth-order valence-corrected chi connectivity index (χ4v) is 4.59. The van der Waals surface area contributed by atoms with Crippen LogP contribution in [0.4, 0.5) is 4.39 Å². The van der Waals surface area contributed by atoms with Gasteiger partial charge in [-0.2, -0.15) is 5.10 Å². The average Bonchev–Trinajstić information content (AvgIpc) is 3.50. The van der Waals surface area contributed by atoms with Crippen molar-refractivity contribution in [2.24, 2.45) is 0 Å². The first-order chi connectivity index (χ1) is 17.5. The van der Waals surface area contributed by atoms with Crippen LogP contribution >= 0.6 is 0 Å². The van der Waals surface area contributed by atoms with Gasteiger partial charge in [0.15, 0.2) is 0 Å². The number of halogens is 1. The third-order valence-electron chi connectivity index (χ3n) is 6.28. The molecule has 36 heavy (non-hydrogen) atoms. The average molecular weight is 477 g/mol. The number of allylic oxidation sites excluding steroid dienone is 4. The van der Waals surface area contributed by atoms with Gasteiger partial charge < -0.3 is 10.3 Å². The number of rotatable bonds is 7. The van der Waals surface area contributed by atoms with Crippen LogP contribution in [0.25, 0.3) is 49.9 Å². The number of hydrogen-bond donors (Lipinski definition) is 3. The summed E-state index contributed by atoms with van der Waals surface area (Å²) in [4.78, 5) is 3.49. The Bertz CT molecular complexity index is 1630. The van der Waals surface area contributed by atoms with Crippen LogP contribution in [0.5, 0.6) is 0 Å². The largest absolute Gasteiger partial charge is 0.383 e. The van der Waals surface area contributed by atoms with Crippen molar-refractivity contribution in [3.8, 4) is 22.5 Å². The van der Waals surface area contributed by atoms with Crippen LogP contribution in [0.1, 0.15) is 26.3 Å². The quantitative estimate of drug-likeness (QED) is 0.209. The number of H-pyrrole nitrogens is 2. The molecule has 0 aliphatic rings. The van der Waals surface area contributed by atoms with Gasteiger partial charge in [0.25, 0.3) is 0 Å². The molecule has 0 aliphatic heterocycles. The van der Waals surface area contributed by atoms with Crippen LogP contribution in [0.15, 0.2) is 97.2 Å². The van der Waals surface area contributed by atoms with E-state index in [0.717, 1.165) is 55.6 Å². The standard InChI is InChI=1S/C31H29FN4/c1-5-20(16-22(6-2)33-19(3)4)21-14-15-29-26(17-21)31(36-35-29)30-18-25-23(11-9-13-28(25)34-30)24-10-7-8-12-27(24)32/h5-19,33-34H,2H2,1,3-4H3,(H,35,36)/b20-5+,22-16+. The van der Waals surface area contributed by atoms with E-state index in [1.165, 1.54) is 6.07 Å². The Labute approximate surface area is 210 Å². The highest BCUT2D eigenvalue weighted by Crippen LogP contribution is 2.35. The topological polar surface area (TPSA) is 56.5 Å². The van der Waals surface area contributed by atoms with Gasteiger partial charge in [-0.3, -0.25) is 5.10 Å². The van der Waals surface area contributed by atoms with E-state index < -0.39 is 0 Å². The molecule has 3 N–H and O–H groups in total. The second-order valence-electron chi connectivity index (χ2n) is 9.11. The van der Waals surface area contributed by atoms with Gasteiger partial charge in [0, 0.05) is 33.6 Å². The minimum atomic E-state index is -0.236. The Balaban J connectivity index is 1.60. The number of nitrogens with zero attached hydrogens (tertiary/aromatic N) is 1. The van der Waals surface area contributed by atoms with Crippen molar-refractivity contribution in [1.82, 2.24) is 20.5 Å². The minimum absolute atomic E-state index is 0.236. The van der Waals surface area contributed by atoms with Crippen LogP contribution in [0.3, 0.4) is 0 Å². The summed E-state index contributed by atoms with van der Waals surface area (Å²) in [6.07, 6.45) is 6.04. The van der Waals surface area contributed by atoms with E-state index in [9.17, 15) is 4.39 Å². The van der Waals surface area contributed by atoms with Crippen LogP contribution in [0, 0.1) is 5.82 Å². The Kier molecular flexibility index (Phi) is 6.30. The van der Waals surface area contributed by atoms with Crippen LogP contribution in [-0.4, -0.2) is 21.2 Å². The van der Waals surface area contributed by atoms with Crippen molar-refractivity contribution in [3.63, 3.8) is 0 Å². The summed E-state index contributed by atoms with van der Waals surface area (Å²) in [6, 6.07) is 21.4. The highest BCUT2D eigenvalue weighted by molar-refractivity contribution is 6.01. The molecular formula is C31H29FN4. The fraction of sp³-hybridized carbons (Fsp3) is 0.129. The maximum absolute atomic E-state index is 14.6. The first kappa shape index (κ1) is 23.4. The lowest BCUT2D eigenvalue weighted by Gasteiger charge is -2.12. The maximum Gasteiger partial charge on any atom is 0.131 e. The van der Waals surface area contributed by atoms with Gasteiger partial charge >= 0.3 is 0 Å². The smallest absolute Gasteiger partial charge is 0.131 e. The van der Waals surface area contributed by atoms with E-state index in [4.69, 9.17) is 0 Å². The highest BCUT2D eigenvalue weighted by Gasteiger charge is 2.15. The zero-order chi connectivity index (χ0) is 25.2. The lowest BCUT2D eigenvalue weighted by atomic mass is 10.00. The van der Waals surface area contributed by atoms with Crippen LogP contribution in [0.2, 0.25) is 0 Å². The number of benzene rings is 3. The van der Waals surface area contributed by atoms with Crippen molar-refractivity contribution in [2.45, 2.75) is 26.8 Å². The molecule has 0 fully saturated rings. The molecule has 180 valence electrons. The Morgan fingerprint density at radius 2 is 1.78 bits per heavy atom. The summed E-state index contributed by atoms with van der Waals surface area (Å²) in [5.41, 5.74) is 8.17. The van der Waals surface area contributed by atoms with Crippen molar-refractivity contribution < 1.29 is 4.39 Å². The lowest BCUT2D eigenvalue weighted by Crippen LogP contribution is -2.20. The summed E-state index contributed by atoms with van der Waals surface area (Å²) >= 11 is 0. The predicted octanol–water partition coefficient (Wildman–Crippen LogP) is 7.99. The monoisotopic (exact) mass is 476 g/mol. The molecule has 5 aromatic rings. The first-order valence-corrected chi connectivity index (χ1v) is 12.1.